The van der Waals surface area contributed by atoms with Crippen LogP contribution in [0.5, 0.6) is 5.75 Å². The highest BCUT2D eigenvalue weighted by molar-refractivity contribution is 8.16. The number of carbonyl (C=O) groups excluding carboxylic acids is 2. The molecule has 1 aliphatic heterocycles. The van der Waals surface area contributed by atoms with E-state index in [2.05, 4.69) is 5.32 Å². The molecule has 1 saturated heterocycles. The third kappa shape index (κ3) is 6.95. The van der Waals surface area contributed by atoms with Gasteiger partial charge < -0.3 is 14.8 Å². The van der Waals surface area contributed by atoms with Gasteiger partial charge in [-0.2, -0.15) is 0 Å². The van der Waals surface area contributed by atoms with E-state index in [0.717, 1.165) is 5.56 Å². The normalized spacial score (nSPS) is 15.3. The highest BCUT2D eigenvalue weighted by Crippen LogP contribution is 2.43. The molecule has 0 radical (unpaired) electrons. The minimum atomic E-state index is -0.623. The van der Waals surface area contributed by atoms with Crippen molar-refractivity contribution in [3.05, 3.63) is 65.5 Å². The topological polar surface area (TPSA) is 64.6 Å². The summed E-state index contributed by atoms with van der Waals surface area (Å²) in [5, 5.41) is 2.70. The van der Waals surface area contributed by atoms with Crippen LogP contribution in [0.3, 0.4) is 0 Å². The van der Waals surface area contributed by atoms with E-state index in [1.54, 1.807) is 19.1 Å². The Labute approximate surface area is 184 Å². The number of thioether (sulfide) groups is 2. The summed E-state index contributed by atoms with van der Waals surface area (Å²) in [6.07, 6.45) is 1.25. The molecule has 2 aromatic rings. The minimum Gasteiger partial charge on any atom is -0.482 e. The van der Waals surface area contributed by atoms with E-state index >= 15 is 0 Å². The molecule has 5 nitrogen and oxygen atoms in total. The second-order valence-electron chi connectivity index (χ2n) is 6.79. The smallest absolute Gasteiger partial charge is 0.344 e. The molecular weight excluding hydrogens is 425 g/mol. The Morgan fingerprint density at radius 3 is 2.40 bits per heavy atom. The maximum Gasteiger partial charge on any atom is 0.344 e. The van der Waals surface area contributed by atoms with Crippen LogP contribution in [0.2, 0.25) is 0 Å². The lowest BCUT2D eigenvalue weighted by Gasteiger charge is -2.21. The van der Waals surface area contributed by atoms with Gasteiger partial charge in [0.25, 0.3) is 5.91 Å². The molecule has 0 bridgehead atoms. The van der Waals surface area contributed by atoms with Crippen LogP contribution in [-0.4, -0.2) is 36.6 Å². The molecule has 30 heavy (non-hydrogen) atoms. The first kappa shape index (κ1) is 22.5. The SMILES string of the molecule is C[C@@H](NC(=O)COC(=O)COc1ccc(C2SCCCS2)cc1)c1ccc(F)cc1. The first-order chi connectivity index (χ1) is 14.5. The maximum absolute atomic E-state index is 13.0. The summed E-state index contributed by atoms with van der Waals surface area (Å²) in [6, 6.07) is 13.2. The van der Waals surface area contributed by atoms with Gasteiger partial charge in [-0.1, -0.05) is 24.3 Å². The van der Waals surface area contributed by atoms with Gasteiger partial charge in [0.1, 0.15) is 11.6 Å². The van der Waals surface area contributed by atoms with E-state index in [1.807, 2.05) is 47.8 Å². The number of carbonyl (C=O) groups is 2. The Kier molecular flexibility index (Phi) is 8.45. The average Bonchev–Trinajstić information content (AvgIpc) is 2.77. The van der Waals surface area contributed by atoms with Gasteiger partial charge in [0.15, 0.2) is 13.2 Å². The summed E-state index contributed by atoms with van der Waals surface area (Å²) < 4.78 is 23.8. The number of amides is 1. The predicted molar refractivity (Wildman–Crippen MR) is 118 cm³/mol. The van der Waals surface area contributed by atoms with Gasteiger partial charge in [-0.15, -0.1) is 23.5 Å². The Bertz CT molecular complexity index is 839. The molecule has 3 rings (SSSR count). The van der Waals surface area contributed by atoms with Crippen molar-refractivity contribution in [1.82, 2.24) is 5.32 Å². The number of nitrogens with one attached hydrogen (secondary N) is 1. The second kappa shape index (κ2) is 11.3. The number of esters is 1. The molecule has 0 saturated carbocycles. The molecule has 1 N–H and O–H groups in total. The fraction of sp³-hybridized carbons (Fsp3) is 0.364. The van der Waals surface area contributed by atoms with Crippen molar-refractivity contribution in [1.29, 1.82) is 0 Å². The summed E-state index contributed by atoms with van der Waals surface area (Å²) in [4.78, 5) is 23.8. The van der Waals surface area contributed by atoms with Gasteiger partial charge >= 0.3 is 5.97 Å². The van der Waals surface area contributed by atoms with Crippen LogP contribution in [0.25, 0.3) is 0 Å². The number of halogens is 1. The van der Waals surface area contributed by atoms with Crippen molar-refractivity contribution in [3.63, 3.8) is 0 Å². The lowest BCUT2D eigenvalue weighted by atomic mass is 10.1. The standard InChI is InChI=1S/C22H24FNO4S2/c1-15(16-3-7-18(23)8-4-16)24-20(25)13-28-21(26)14-27-19-9-5-17(6-10-19)22-29-11-2-12-30-22/h3-10,15,22H,2,11-14H2,1H3,(H,24,25)/t15-/m1/s1. The van der Waals surface area contributed by atoms with Gasteiger partial charge in [0.05, 0.1) is 10.6 Å². The fourth-order valence-corrected chi connectivity index (χ4v) is 5.74. The van der Waals surface area contributed by atoms with E-state index in [9.17, 15) is 14.0 Å². The van der Waals surface area contributed by atoms with Crippen molar-refractivity contribution in [2.75, 3.05) is 24.7 Å². The zero-order chi connectivity index (χ0) is 21.3. The lowest BCUT2D eigenvalue weighted by Crippen LogP contribution is -2.31. The molecule has 0 unspecified atom stereocenters. The fourth-order valence-electron chi connectivity index (χ4n) is 2.85. The van der Waals surface area contributed by atoms with E-state index in [1.165, 1.54) is 35.6 Å². The van der Waals surface area contributed by atoms with Crippen molar-refractivity contribution < 1.29 is 23.5 Å². The van der Waals surface area contributed by atoms with Gasteiger partial charge in [0, 0.05) is 0 Å². The van der Waals surface area contributed by atoms with E-state index in [4.69, 9.17) is 9.47 Å². The van der Waals surface area contributed by atoms with Gasteiger partial charge in [-0.05, 0) is 60.2 Å². The van der Waals surface area contributed by atoms with Crippen LogP contribution in [0.4, 0.5) is 4.39 Å². The molecular formula is C22H24FNO4S2. The molecule has 2 aromatic carbocycles. The minimum absolute atomic E-state index is 0.271. The molecule has 0 spiro atoms. The van der Waals surface area contributed by atoms with Gasteiger partial charge in [0.2, 0.25) is 0 Å². The zero-order valence-electron chi connectivity index (χ0n) is 16.6. The predicted octanol–water partition coefficient (Wildman–Crippen LogP) is 4.49. The number of hydrogen-bond acceptors (Lipinski definition) is 6. The van der Waals surface area contributed by atoms with Gasteiger partial charge in [-0.3, -0.25) is 4.79 Å². The molecule has 1 fully saturated rings. The highest BCUT2D eigenvalue weighted by atomic mass is 32.2. The van der Waals surface area contributed by atoms with Crippen molar-refractivity contribution in [2.45, 2.75) is 24.0 Å². The highest BCUT2D eigenvalue weighted by Gasteiger charge is 2.17. The second-order valence-corrected chi connectivity index (χ2v) is 9.51. The summed E-state index contributed by atoms with van der Waals surface area (Å²) in [5.74, 6) is 1.54. The summed E-state index contributed by atoms with van der Waals surface area (Å²) in [6.45, 7) is 1.10. The number of hydrogen-bond donors (Lipinski definition) is 1. The third-order valence-corrected chi connectivity index (χ3v) is 7.46. The molecule has 8 heteroatoms. The van der Waals surface area contributed by atoms with Crippen LogP contribution in [0.15, 0.2) is 48.5 Å². The zero-order valence-corrected chi connectivity index (χ0v) is 18.3. The summed E-state index contributed by atoms with van der Waals surface area (Å²) in [5.41, 5.74) is 2.00. The monoisotopic (exact) mass is 449 g/mol. The van der Waals surface area contributed by atoms with E-state index in [0.29, 0.717) is 10.3 Å². The number of rotatable bonds is 8. The Morgan fingerprint density at radius 2 is 1.73 bits per heavy atom. The molecule has 1 amide bonds. The Morgan fingerprint density at radius 1 is 1.07 bits per heavy atom. The van der Waals surface area contributed by atoms with Crippen molar-refractivity contribution in [3.8, 4) is 5.75 Å². The van der Waals surface area contributed by atoms with Crippen LogP contribution in [-0.2, 0) is 14.3 Å². The first-order valence-electron chi connectivity index (χ1n) is 9.67. The molecule has 1 aliphatic rings. The van der Waals surface area contributed by atoms with Crippen molar-refractivity contribution >= 4 is 35.4 Å². The summed E-state index contributed by atoms with van der Waals surface area (Å²) >= 11 is 3.89. The Hall–Kier alpha value is -2.19. The lowest BCUT2D eigenvalue weighted by molar-refractivity contribution is -0.150. The van der Waals surface area contributed by atoms with Crippen LogP contribution >= 0.6 is 23.5 Å². The maximum atomic E-state index is 13.0. The number of benzene rings is 2. The quantitative estimate of drug-likeness (QED) is 0.599. The largest absolute Gasteiger partial charge is 0.482 e. The molecule has 0 aliphatic carbocycles. The Balaban J connectivity index is 1.37. The van der Waals surface area contributed by atoms with E-state index in [-0.39, 0.29) is 18.5 Å². The summed E-state index contributed by atoms with van der Waals surface area (Å²) in [7, 11) is 0. The third-order valence-electron chi connectivity index (χ3n) is 4.45. The van der Waals surface area contributed by atoms with Crippen LogP contribution < -0.4 is 10.1 Å². The van der Waals surface area contributed by atoms with Gasteiger partial charge in [-0.25, -0.2) is 9.18 Å². The van der Waals surface area contributed by atoms with Crippen LogP contribution in [0, 0.1) is 5.82 Å². The molecule has 1 atom stereocenters. The number of ether oxygens (including phenoxy) is 2. The average molecular weight is 450 g/mol. The van der Waals surface area contributed by atoms with E-state index < -0.39 is 18.5 Å². The van der Waals surface area contributed by atoms with Crippen LogP contribution in [0.1, 0.15) is 35.1 Å². The molecule has 0 aromatic heterocycles. The molecule has 160 valence electrons. The first-order valence-corrected chi connectivity index (χ1v) is 11.8. The van der Waals surface area contributed by atoms with Crippen molar-refractivity contribution in [2.24, 2.45) is 0 Å². The molecule has 1 heterocycles.